The van der Waals surface area contributed by atoms with Crippen LogP contribution < -0.4 is 4.49 Å². The molecule has 56 valence electrons. The van der Waals surface area contributed by atoms with E-state index in [1.807, 2.05) is 0 Å². The van der Waals surface area contributed by atoms with Crippen molar-refractivity contribution in [1.29, 1.82) is 0 Å². The Morgan fingerprint density at radius 2 is 1.89 bits per heavy atom. The first-order chi connectivity index (χ1) is 3.71. The van der Waals surface area contributed by atoms with Gasteiger partial charge in [-0.05, 0) is 0 Å². The molecule has 0 aromatic carbocycles. The van der Waals surface area contributed by atoms with Gasteiger partial charge < -0.3 is 4.89 Å². The lowest BCUT2D eigenvalue weighted by molar-refractivity contribution is 0.421. The monoisotopic (exact) mass is 181 g/mol. The van der Waals surface area contributed by atoms with Gasteiger partial charge in [0.15, 0.2) is 0 Å². The summed E-state index contributed by atoms with van der Waals surface area (Å²) in [7, 11) is -10.9. The molecule has 9 heavy (non-hydrogen) atoms. The highest BCUT2D eigenvalue weighted by Crippen LogP contribution is 2.37. The van der Waals surface area contributed by atoms with Crippen molar-refractivity contribution < 1.29 is 26.0 Å². The van der Waals surface area contributed by atoms with Gasteiger partial charge >= 0.3 is 18.2 Å². The predicted molar refractivity (Wildman–Crippen MR) is 24.1 cm³/mol. The van der Waals surface area contributed by atoms with Gasteiger partial charge in [0.25, 0.3) is 0 Å². The molecule has 0 rings (SSSR count). The molecule has 0 aromatic heterocycles. The molecule has 0 heterocycles. The summed E-state index contributed by atoms with van der Waals surface area (Å²) in [5, 5.41) is 0. The van der Waals surface area contributed by atoms with E-state index < -0.39 is 18.2 Å². The molecular formula is H2F2NO4PS. The highest BCUT2D eigenvalue weighted by atomic mass is 32.3. The molecule has 0 radical (unpaired) electrons. The smallest absolute Gasteiger partial charge is 0.309 e. The Bertz CT molecular complexity index is 225. The van der Waals surface area contributed by atoms with Gasteiger partial charge in [-0.3, -0.25) is 0 Å². The van der Waals surface area contributed by atoms with Crippen LogP contribution in [0.2, 0.25) is 0 Å². The van der Waals surface area contributed by atoms with Crippen LogP contribution >= 0.6 is 7.83 Å². The minimum absolute atomic E-state index is 0.208. The van der Waals surface area contributed by atoms with Gasteiger partial charge in [0.2, 0.25) is 0 Å². The van der Waals surface area contributed by atoms with Crippen LogP contribution in [0.4, 0.5) is 8.08 Å². The van der Waals surface area contributed by atoms with Gasteiger partial charge in [-0.1, -0.05) is 8.38 Å². The van der Waals surface area contributed by atoms with Crippen LogP contribution in [0.5, 0.6) is 0 Å². The summed E-state index contributed by atoms with van der Waals surface area (Å²) < 4.78 is 50.6. The maximum atomic E-state index is 11.3. The van der Waals surface area contributed by atoms with Crippen molar-refractivity contribution >= 4 is 18.2 Å². The second-order valence-corrected chi connectivity index (χ2v) is 3.64. The largest absolute Gasteiger partial charge is 0.455 e. The third kappa shape index (κ3) is 7.96. The zero-order valence-electron chi connectivity index (χ0n) is 3.78. The first kappa shape index (κ1) is 8.96. The Balaban J connectivity index is 4.26. The van der Waals surface area contributed by atoms with Crippen LogP contribution in [0.1, 0.15) is 0 Å². The summed E-state index contributed by atoms with van der Waals surface area (Å²) in [6, 6.07) is 0. The van der Waals surface area contributed by atoms with E-state index in [0.717, 1.165) is 0 Å². The molecule has 0 saturated heterocycles. The Labute approximate surface area is 49.7 Å². The van der Waals surface area contributed by atoms with Gasteiger partial charge in [-0.15, -0.1) is 4.20 Å². The van der Waals surface area contributed by atoms with Crippen LogP contribution in [-0.2, 0) is 15.0 Å². The van der Waals surface area contributed by atoms with Crippen molar-refractivity contribution in [3.63, 3.8) is 0 Å². The minimum atomic E-state index is -5.50. The molecule has 1 unspecified atom stereocenters. The molecule has 5 nitrogen and oxygen atoms in total. The fourth-order valence-corrected chi connectivity index (χ4v) is 1.21. The number of halogens is 2. The van der Waals surface area contributed by atoms with Crippen molar-refractivity contribution in [3.8, 4) is 0 Å². The lowest BCUT2D eigenvalue weighted by Gasteiger charge is -1.95. The molecule has 0 saturated carbocycles. The van der Waals surface area contributed by atoms with Crippen molar-refractivity contribution in [2.24, 2.45) is 0 Å². The number of rotatable bonds is 2. The number of hydrogen-bond acceptors (Lipinski definition) is 3. The van der Waals surface area contributed by atoms with Crippen LogP contribution in [0.15, 0.2) is 0 Å². The molecule has 0 amide bonds. The summed E-state index contributed by atoms with van der Waals surface area (Å²) in [6.07, 6.45) is 0. The minimum Gasteiger partial charge on any atom is -0.309 e. The predicted octanol–water partition coefficient (Wildman–Crippen LogP) is -0.140. The topological polar surface area (TPSA) is 83.5 Å². The SMILES string of the molecule is O=P(O)(F)NS(=O)(=O)F. The van der Waals surface area contributed by atoms with Crippen molar-refractivity contribution in [2.75, 3.05) is 0 Å². The zero-order chi connectivity index (χ0) is 7.71. The highest BCUT2D eigenvalue weighted by Gasteiger charge is 2.23. The molecule has 1 atom stereocenters. The third-order valence-corrected chi connectivity index (χ3v) is 1.99. The molecule has 0 aliphatic carbocycles. The Morgan fingerprint density at radius 1 is 1.56 bits per heavy atom. The normalized spacial score (nSPS) is 19.0. The Kier molecular flexibility index (Phi) is 2.29. The quantitative estimate of drug-likeness (QED) is 0.458. The molecule has 2 N–H and O–H groups in total. The summed E-state index contributed by atoms with van der Waals surface area (Å²) in [5.41, 5.74) is 0. The van der Waals surface area contributed by atoms with Crippen LogP contribution in [0, 0.1) is 0 Å². The van der Waals surface area contributed by atoms with Gasteiger partial charge in [-0.2, -0.15) is 8.42 Å². The Morgan fingerprint density at radius 3 is 1.89 bits per heavy atom. The Hall–Kier alpha value is -0.0400. The van der Waals surface area contributed by atoms with Gasteiger partial charge in [0.1, 0.15) is 0 Å². The van der Waals surface area contributed by atoms with Gasteiger partial charge in [0, 0.05) is 0 Å². The molecule has 9 heteroatoms. The van der Waals surface area contributed by atoms with Crippen molar-refractivity contribution in [1.82, 2.24) is 4.49 Å². The number of nitrogens with one attached hydrogen (secondary N) is 1. The second-order valence-electron chi connectivity index (χ2n) is 1.03. The van der Waals surface area contributed by atoms with E-state index in [0.29, 0.717) is 0 Å². The van der Waals surface area contributed by atoms with Gasteiger partial charge in [-0.25, -0.2) is 4.57 Å². The maximum absolute atomic E-state index is 11.3. The van der Waals surface area contributed by atoms with E-state index in [4.69, 9.17) is 4.89 Å². The lowest BCUT2D eigenvalue weighted by Crippen LogP contribution is -2.12. The van der Waals surface area contributed by atoms with Crippen LogP contribution in [-0.4, -0.2) is 13.3 Å². The van der Waals surface area contributed by atoms with E-state index in [1.54, 1.807) is 0 Å². The molecule has 0 spiro atoms. The standard InChI is InChI=1S/F2H2NO4PS/c1-8(4,5)3-9(2,6)7/h(H2,3,4,5). The zero-order valence-corrected chi connectivity index (χ0v) is 5.49. The first-order valence-corrected chi connectivity index (χ1v) is 4.40. The highest BCUT2D eigenvalue weighted by molar-refractivity contribution is 7.90. The van der Waals surface area contributed by atoms with Crippen molar-refractivity contribution in [2.45, 2.75) is 0 Å². The summed E-state index contributed by atoms with van der Waals surface area (Å²) >= 11 is 0. The first-order valence-electron chi connectivity index (χ1n) is 1.47. The summed E-state index contributed by atoms with van der Waals surface area (Å²) in [5.74, 6) is 0. The summed E-state index contributed by atoms with van der Waals surface area (Å²) in [6.45, 7) is 0. The van der Waals surface area contributed by atoms with E-state index in [1.165, 1.54) is 0 Å². The fraction of sp³-hybridized carbons (Fsp3) is 0. The van der Waals surface area contributed by atoms with E-state index in [2.05, 4.69) is 0 Å². The number of hydrogen-bond donors (Lipinski definition) is 2. The molecule has 0 bridgehead atoms. The maximum Gasteiger partial charge on any atom is 0.455 e. The average molecular weight is 181 g/mol. The molecule has 0 aromatic rings. The second kappa shape index (κ2) is 2.30. The fourth-order valence-electron chi connectivity index (χ4n) is 0.134. The van der Waals surface area contributed by atoms with E-state index in [9.17, 15) is 21.1 Å². The van der Waals surface area contributed by atoms with Crippen LogP contribution in [0.3, 0.4) is 0 Å². The van der Waals surface area contributed by atoms with Gasteiger partial charge in [0.05, 0.1) is 0 Å². The van der Waals surface area contributed by atoms with E-state index in [-0.39, 0.29) is 4.49 Å². The van der Waals surface area contributed by atoms with Crippen LogP contribution in [0.25, 0.3) is 0 Å². The summed E-state index contributed by atoms with van der Waals surface area (Å²) in [4.78, 5) is 7.51. The molecular weight excluding hydrogens is 179 g/mol. The lowest BCUT2D eigenvalue weighted by atomic mass is 13.9. The third-order valence-electron chi connectivity index (χ3n) is 0.222. The molecule has 0 aliphatic heterocycles. The molecule has 0 fully saturated rings. The average Bonchev–Trinajstić information content (AvgIpc) is 1.14. The molecule has 0 aliphatic rings. The van der Waals surface area contributed by atoms with E-state index >= 15 is 0 Å². The van der Waals surface area contributed by atoms with Crippen molar-refractivity contribution in [3.05, 3.63) is 0 Å².